The van der Waals surface area contributed by atoms with Crippen molar-refractivity contribution in [2.75, 3.05) is 5.73 Å². The lowest BCUT2D eigenvalue weighted by Crippen LogP contribution is -2.48. The lowest BCUT2D eigenvalue weighted by molar-refractivity contribution is 1.62. The molecule has 0 saturated carbocycles. The van der Waals surface area contributed by atoms with Crippen LogP contribution < -0.4 is 16.1 Å². The lowest BCUT2D eigenvalue weighted by Gasteiger charge is -2.26. The average molecular weight is 316 g/mol. The molecule has 16 heavy (non-hydrogen) atoms. The van der Waals surface area contributed by atoms with Crippen LogP contribution in [0.15, 0.2) is 16.6 Å². The van der Waals surface area contributed by atoms with Gasteiger partial charge in [0.15, 0.2) is 0 Å². The van der Waals surface area contributed by atoms with E-state index in [-0.39, 0.29) is 0 Å². The molecule has 90 valence electrons. The average Bonchev–Trinajstić information content (AvgIpc) is 2.04. The largest absolute Gasteiger partial charge is 0.399 e. The summed E-state index contributed by atoms with van der Waals surface area (Å²) in [5, 5.41) is 2.78. The second kappa shape index (κ2) is 4.31. The molecule has 0 aromatic heterocycles. The van der Waals surface area contributed by atoms with E-state index in [0.717, 1.165) is 5.69 Å². The van der Waals surface area contributed by atoms with Crippen molar-refractivity contribution in [3.8, 4) is 0 Å². The van der Waals surface area contributed by atoms with E-state index in [4.69, 9.17) is 5.73 Å². The third-order valence-electron chi connectivity index (χ3n) is 2.76. The van der Waals surface area contributed by atoms with Crippen molar-refractivity contribution in [2.45, 2.75) is 39.3 Å². The topological polar surface area (TPSA) is 26.0 Å². The molecule has 0 heterocycles. The summed E-state index contributed by atoms with van der Waals surface area (Å²) in [5.41, 5.74) is 7.43. The Morgan fingerprint density at radius 2 is 1.19 bits per heavy atom. The van der Waals surface area contributed by atoms with Gasteiger partial charge in [-0.05, 0) is 22.5 Å². The molecular weight excluding hydrogens is 294 g/mol. The van der Waals surface area contributed by atoms with Crippen LogP contribution in [-0.2, 0) is 0 Å². The van der Waals surface area contributed by atoms with Gasteiger partial charge in [-0.3, -0.25) is 0 Å². The second-order valence-corrected chi connectivity index (χ2v) is 17.4. The van der Waals surface area contributed by atoms with E-state index >= 15 is 0 Å². The maximum absolute atomic E-state index is 6.37. The van der Waals surface area contributed by atoms with Gasteiger partial charge in [-0.1, -0.05) is 55.2 Å². The van der Waals surface area contributed by atoms with Gasteiger partial charge in [-0.2, -0.15) is 0 Å². The van der Waals surface area contributed by atoms with Crippen LogP contribution in [0.25, 0.3) is 0 Å². The third-order valence-corrected chi connectivity index (χ3v) is 7.28. The van der Waals surface area contributed by atoms with Crippen LogP contribution in [0, 0.1) is 0 Å². The van der Waals surface area contributed by atoms with Crippen LogP contribution >= 0.6 is 15.9 Å². The van der Waals surface area contributed by atoms with E-state index in [1.807, 2.05) is 0 Å². The van der Waals surface area contributed by atoms with Gasteiger partial charge in [0.05, 0.1) is 16.1 Å². The smallest absolute Gasteiger partial charge is 0.0803 e. The number of nitrogen functional groups attached to an aromatic ring is 1. The van der Waals surface area contributed by atoms with Gasteiger partial charge in [0.2, 0.25) is 0 Å². The molecule has 0 bridgehead atoms. The third kappa shape index (κ3) is 2.99. The fourth-order valence-electron chi connectivity index (χ4n) is 1.86. The van der Waals surface area contributed by atoms with Crippen molar-refractivity contribution in [3.63, 3.8) is 0 Å². The Morgan fingerprint density at radius 3 is 1.44 bits per heavy atom. The minimum atomic E-state index is -1.35. The molecule has 0 amide bonds. The zero-order valence-corrected chi connectivity index (χ0v) is 14.7. The van der Waals surface area contributed by atoms with E-state index in [9.17, 15) is 0 Å². The monoisotopic (exact) mass is 315 g/mol. The summed E-state index contributed by atoms with van der Waals surface area (Å²) in [4.78, 5) is 0. The summed E-state index contributed by atoms with van der Waals surface area (Å²) < 4.78 is 1.18. The van der Waals surface area contributed by atoms with E-state index in [2.05, 4.69) is 67.3 Å². The van der Waals surface area contributed by atoms with Gasteiger partial charge < -0.3 is 5.73 Å². The maximum Gasteiger partial charge on any atom is 0.0803 e. The molecule has 0 aliphatic carbocycles. The second-order valence-electron chi connectivity index (χ2n) is 6.41. The molecule has 4 heteroatoms. The molecule has 1 nitrogen and oxygen atoms in total. The lowest BCUT2D eigenvalue weighted by atomic mass is 10.3. The highest BCUT2D eigenvalue weighted by molar-refractivity contribution is 9.10. The van der Waals surface area contributed by atoms with E-state index in [1.165, 1.54) is 14.8 Å². The first-order valence-corrected chi connectivity index (χ1v) is 13.4. The summed E-state index contributed by atoms with van der Waals surface area (Å²) in [6.45, 7) is 14.1. The van der Waals surface area contributed by atoms with E-state index in [0.29, 0.717) is 0 Å². The number of halogens is 1. The molecule has 0 aliphatic heterocycles. The zero-order chi connectivity index (χ0) is 12.7. The van der Waals surface area contributed by atoms with Crippen LogP contribution in [0.5, 0.6) is 0 Å². The Morgan fingerprint density at radius 1 is 0.875 bits per heavy atom. The summed E-state index contributed by atoms with van der Waals surface area (Å²) in [7, 11) is -2.70. The van der Waals surface area contributed by atoms with E-state index in [1.54, 1.807) is 0 Å². The summed E-state index contributed by atoms with van der Waals surface area (Å²) in [6.07, 6.45) is 0. The fraction of sp³-hybridized carbons (Fsp3) is 0.500. The van der Waals surface area contributed by atoms with Gasteiger partial charge in [0, 0.05) is 10.2 Å². The molecule has 1 aromatic carbocycles. The Balaban J connectivity index is 3.51. The van der Waals surface area contributed by atoms with Crippen LogP contribution in [0.4, 0.5) is 5.69 Å². The number of nitrogens with two attached hydrogens (primary N) is 1. The molecule has 1 rings (SSSR count). The first-order chi connectivity index (χ1) is 7.03. The standard InChI is InChI=1S/C12H22BrNSi2/c1-15(2,3)10-7-9(13)8-11(12(10)14)16(4,5)6/h7-8H,14H2,1-6H3. The highest BCUT2D eigenvalue weighted by Crippen LogP contribution is 2.17. The van der Waals surface area contributed by atoms with Crippen LogP contribution in [0.3, 0.4) is 0 Å². The maximum atomic E-state index is 6.37. The van der Waals surface area contributed by atoms with Crippen LogP contribution in [0.1, 0.15) is 0 Å². The highest BCUT2D eigenvalue weighted by atomic mass is 79.9. The molecule has 0 saturated heterocycles. The quantitative estimate of drug-likeness (QED) is 0.658. The van der Waals surface area contributed by atoms with Crippen molar-refractivity contribution in [3.05, 3.63) is 16.6 Å². The first-order valence-electron chi connectivity index (χ1n) is 5.63. The molecule has 0 spiro atoms. The van der Waals surface area contributed by atoms with Crippen LogP contribution in [0.2, 0.25) is 39.3 Å². The Labute approximate surface area is 110 Å². The van der Waals surface area contributed by atoms with Gasteiger partial charge in [0.1, 0.15) is 0 Å². The number of benzene rings is 1. The predicted molar refractivity (Wildman–Crippen MR) is 84.5 cm³/mol. The highest BCUT2D eigenvalue weighted by Gasteiger charge is 2.26. The summed E-state index contributed by atoms with van der Waals surface area (Å²) >= 11 is 3.62. The number of anilines is 1. The SMILES string of the molecule is C[Si](C)(C)c1cc(Br)cc([Si](C)(C)C)c1N. The predicted octanol–water partition coefficient (Wildman–Crippen LogP) is 3.12. The van der Waals surface area contributed by atoms with Gasteiger partial charge in [-0.15, -0.1) is 0 Å². The molecule has 0 unspecified atom stereocenters. The fourth-order valence-corrected chi connectivity index (χ4v) is 5.93. The summed E-state index contributed by atoms with van der Waals surface area (Å²) in [5.74, 6) is 0. The summed E-state index contributed by atoms with van der Waals surface area (Å²) in [6, 6.07) is 4.43. The van der Waals surface area contributed by atoms with Crippen molar-refractivity contribution >= 4 is 48.1 Å². The molecular formula is C12H22BrNSi2. The van der Waals surface area contributed by atoms with Crippen molar-refractivity contribution in [1.82, 2.24) is 0 Å². The zero-order valence-electron chi connectivity index (χ0n) is 11.1. The number of hydrogen-bond donors (Lipinski definition) is 1. The van der Waals surface area contributed by atoms with Crippen molar-refractivity contribution in [2.24, 2.45) is 0 Å². The van der Waals surface area contributed by atoms with Gasteiger partial charge >= 0.3 is 0 Å². The molecule has 2 N–H and O–H groups in total. The van der Waals surface area contributed by atoms with E-state index < -0.39 is 16.1 Å². The van der Waals surface area contributed by atoms with Crippen molar-refractivity contribution in [1.29, 1.82) is 0 Å². The minimum absolute atomic E-state index is 1.06. The Kier molecular flexibility index (Phi) is 3.77. The van der Waals surface area contributed by atoms with Crippen molar-refractivity contribution < 1.29 is 0 Å². The van der Waals surface area contributed by atoms with Crippen LogP contribution in [-0.4, -0.2) is 16.1 Å². The number of rotatable bonds is 2. The molecule has 1 aromatic rings. The molecule has 0 atom stereocenters. The Hall–Kier alpha value is -0.0662. The van der Waals surface area contributed by atoms with Gasteiger partial charge in [-0.25, -0.2) is 0 Å². The minimum Gasteiger partial charge on any atom is -0.399 e. The number of hydrogen-bond acceptors (Lipinski definition) is 1. The molecule has 0 fully saturated rings. The molecule has 0 aliphatic rings. The normalized spacial score (nSPS) is 12.9. The molecule has 0 radical (unpaired) electrons. The van der Waals surface area contributed by atoms with Gasteiger partial charge in [0.25, 0.3) is 0 Å². The first kappa shape index (κ1) is 14.0. The Bertz CT molecular complexity index is 367.